The lowest BCUT2D eigenvalue weighted by atomic mass is 10.00. The smallest absolute Gasteiger partial charge is 0.414 e. The SMILES string of the molecule is COCC(C)NCC(=O)N1CCc2ccccc2C1.O=C(O)C(=O)O. The van der Waals surface area contributed by atoms with Crippen LogP contribution < -0.4 is 5.32 Å². The average Bonchev–Trinajstić information content (AvgIpc) is 2.60. The molecule has 1 heterocycles. The van der Waals surface area contributed by atoms with Gasteiger partial charge in [-0.05, 0) is 24.5 Å². The Bertz CT molecular complexity index is 593. The highest BCUT2D eigenvalue weighted by Gasteiger charge is 2.20. The minimum Gasteiger partial charge on any atom is -0.473 e. The van der Waals surface area contributed by atoms with Crippen LogP contribution in [0.2, 0.25) is 0 Å². The molecule has 1 atom stereocenters. The fourth-order valence-corrected chi connectivity index (χ4v) is 2.39. The van der Waals surface area contributed by atoms with Gasteiger partial charge in [-0.2, -0.15) is 0 Å². The predicted molar refractivity (Wildman–Crippen MR) is 90.2 cm³/mol. The molecule has 0 aromatic heterocycles. The van der Waals surface area contributed by atoms with E-state index in [1.807, 2.05) is 17.9 Å². The Hall–Kier alpha value is -2.45. The van der Waals surface area contributed by atoms with Gasteiger partial charge in [0.25, 0.3) is 0 Å². The van der Waals surface area contributed by atoms with Crippen molar-refractivity contribution in [1.82, 2.24) is 10.2 Å². The first-order chi connectivity index (χ1) is 11.8. The number of rotatable bonds is 5. The number of amides is 1. The van der Waals surface area contributed by atoms with Crippen LogP contribution in [0, 0.1) is 0 Å². The molecule has 138 valence electrons. The van der Waals surface area contributed by atoms with Crippen LogP contribution in [-0.2, 0) is 32.1 Å². The Kier molecular flexibility index (Phi) is 8.59. The number of nitrogens with zero attached hydrogens (tertiary/aromatic N) is 1. The van der Waals surface area contributed by atoms with Gasteiger partial charge in [-0.25, -0.2) is 9.59 Å². The number of carbonyl (C=O) groups excluding carboxylic acids is 1. The molecular weight excluding hydrogens is 328 g/mol. The van der Waals surface area contributed by atoms with Crippen molar-refractivity contribution in [2.45, 2.75) is 25.9 Å². The van der Waals surface area contributed by atoms with Gasteiger partial charge in [0, 0.05) is 26.2 Å². The molecule has 2 rings (SSSR count). The fraction of sp³-hybridized carbons (Fsp3) is 0.471. The summed E-state index contributed by atoms with van der Waals surface area (Å²) < 4.78 is 5.04. The number of hydrogen-bond acceptors (Lipinski definition) is 5. The van der Waals surface area contributed by atoms with Crippen LogP contribution in [0.5, 0.6) is 0 Å². The van der Waals surface area contributed by atoms with Crippen LogP contribution in [0.1, 0.15) is 18.1 Å². The van der Waals surface area contributed by atoms with E-state index in [-0.39, 0.29) is 11.9 Å². The summed E-state index contributed by atoms with van der Waals surface area (Å²) in [5.74, 6) is -3.48. The Labute approximate surface area is 146 Å². The predicted octanol–water partition coefficient (Wildman–Crippen LogP) is 0.351. The molecule has 8 nitrogen and oxygen atoms in total. The number of aliphatic carboxylic acids is 2. The van der Waals surface area contributed by atoms with Crippen molar-refractivity contribution < 1.29 is 29.3 Å². The van der Waals surface area contributed by atoms with E-state index in [4.69, 9.17) is 24.5 Å². The first-order valence-corrected chi connectivity index (χ1v) is 7.88. The molecule has 1 amide bonds. The van der Waals surface area contributed by atoms with E-state index in [0.29, 0.717) is 13.2 Å². The largest absolute Gasteiger partial charge is 0.473 e. The minimum atomic E-state index is -1.82. The molecular formula is C17H24N2O6. The molecule has 0 bridgehead atoms. The molecule has 1 unspecified atom stereocenters. The van der Waals surface area contributed by atoms with Crippen LogP contribution in [0.3, 0.4) is 0 Å². The third-order valence-corrected chi connectivity index (χ3v) is 3.68. The maximum absolute atomic E-state index is 12.1. The van der Waals surface area contributed by atoms with Gasteiger partial charge < -0.3 is 25.2 Å². The standard InChI is InChI=1S/C15H22N2O2.C2H2O4/c1-12(11-19-2)16-9-15(18)17-8-7-13-5-3-4-6-14(13)10-17;3-1(4)2(5)6/h3-6,12,16H,7-11H2,1-2H3;(H,3,4)(H,5,6). The zero-order chi connectivity index (χ0) is 18.8. The summed E-state index contributed by atoms with van der Waals surface area (Å²) in [6.07, 6.45) is 0.954. The summed E-state index contributed by atoms with van der Waals surface area (Å²) in [5.41, 5.74) is 2.64. The quantitative estimate of drug-likeness (QED) is 0.655. The lowest BCUT2D eigenvalue weighted by Gasteiger charge is -2.29. The van der Waals surface area contributed by atoms with Crippen LogP contribution in [0.15, 0.2) is 24.3 Å². The topological polar surface area (TPSA) is 116 Å². The maximum atomic E-state index is 12.1. The van der Waals surface area contributed by atoms with E-state index in [1.165, 1.54) is 11.1 Å². The van der Waals surface area contributed by atoms with Crippen molar-refractivity contribution in [1.29, 1.82) is 0 Å². The van der Waals surface area contributed by atoms with Gasteiger partial charge in [-0.1, -0.05) is 24.3 Å². The number of hydrogen-bond donors (Lipinski definition) is 3. The summed E-state index contributed by atoms with van der Waals surface area (Å²) in [6, 6.07) is 8.55. The molecule has 3 N–H and O–H groups in total. The molecule has 1 aliphatic heterocycles. The first-order valence-electron chi connectivity index (χ1n) is 7.88. The van der Waals surface area contributed by atoms with Crippen molar-refractivity contribution in [2.75, 3.05) is 26.8 Å². The summed E-state index contributed by atoms with van der Waals surface area (Å²) in [6.45, 7) is 4.57. The van der Waals surface area contributed by atoms with E-state index in [2.05, 4.69) is 23.5 Å². The number of methoxy groups -OCH3 is 1. The number of carboxylic acid groups (broad SMARTS) is 2. The number of fused-ring (bicyclic) bond motifs is 1. The molecule has 1 aromatic carbocycles. The van der Waals surface area contributed by atoms with Crippen molar-refractivity contribution in [2.24, 2.45) is 0 Å². The van der Waals surface area contributed by atoms with Crippen LogP contribution in [0.25, 0.3) is 0 Å². The molecule has 0 aliphatic carbocycles. The number of benzene rings is 1. The summed E-state index contributed by atoms with van der Waals surface area (Å²) in [5, 5.41) is 18.0. The third-order valence-electron chi connectivity index (χ3n) is 3.68. The molecule has 0 saturated heterocycles. The van der Waals surface area contributed by atoms with Crippen molar-refractivity contribution in [3.05, 3.63) is 35.4 Å². The van der Waals surface area contributed by atoms with Crippen LogP contribution >= 0.6 is 0 Å². The first kappa shape index (κ1) is 20.6. The monoisotopic (exact) mass is 352 g/mol. The Balaban J connectivity index is 0.000000450. The number of nitrogens with one attached hydrogen (secondary N) is 1. The molecule has 25 heavy (non-hydrogen) atoms. The Morgan fingerprint density at radius 2 is 1.80 bits per heavy atom. The highest BCUT2D eigenvalue weighted by atomic mass is 16.5. The number of carboxylic acids is 2. The lowest BCUT2D eigenvalue weighted by molar-refractivity contribution is -0.159. The second kappa shape index (κ2) is 10.4. The van der Waals surface area contributed by atoms with Gasteiger partial charge in [-0.15, -0.1) is 0 Å². The van der Waals surface area contributed by atoms with E-state index in [1.54, 1.807) is 7.11 Å². The molecule has 0 fully saturated rings. The molecule has 0 radical (unpaired) electrons. The summed E-state index contributed by atoms with van der Waals surface area (Å²) in [4.78, 5) is 32.3. The maximum Gasteiger partial charge on any atom is 0.414 e. The second-order valence-electron chi connectivity index (χ2n) is 5.68. The van der Waals surface area contributed by atoms with Gasteiger partial charge in [-0.3, -0.25) is 4.79 Å². The Morgan fingerprint density at radius 1 is 1.20 bits per heavy atom. The molecule has 0 spiro atoms. The number of carbonyl (C=O) groups is 3. The van der Waals surface area contributed by atoms with Gasteiger partial charge in [0.1, 0.15) is 0 Å². The second-order valence-corrected chi connectivity index (χ2v) is 5.68. The minimum absolute atomic E-state index is 0.164. The average molecular weight is 352 g/mol. The van der Waals surface area contributed by atoms with E-state index in [9.17, 15) is 4.79 Å². The van der Waals surface area contributed by atoms with Gasteiger partial charge in [0.2, 0.25) is 5.91 Å². The van der Waals surface area contributed by atoms with Gasteiger partial charge >= 0.3 is 11.9 Å². The van der Waals surface area contributed by atoms with E-state index >= 15 is 0 Å². The van der Waals surface area contributed by atoms with Gasteiger partial charge in [0.15, 0.2) is 0 Å². The lowest BCUT2D eigenvalue weighted by Crippen LogP contribution is -2.44. The Morgan fingerprint density at radius 3 is 2.36 bits per heavy atom. The van der Waals surface area contributed by atoms with Crippen molar-refractivity contribution in [3.8, 4) is 0 Å². The highest BCUT2D eigenvalue weighted by molar-refractivity contribution is 6.27. The van der Waals surface area contributed by atoms with E-state index in [0.717, 1.165) is 19.5 Å². The summed E-state index contributed by atoms with van der Waals surface area (Å²) in [7, 11) is 1.67. The zero-order valence-corrected chi connectivity index (χ0v) is 14.4. The molecule has 1 aromatic rings. The third kappa shape index (κ3) is 7.32. The zero-order valence-electron chi connectivity index (χ0n) is 14.4. The highest BCUT2D eigenvalue weighted by Crippen LogP contribution is 2.18. The fourth-order valence-electron chi connectivity index (χ4n) is 2.39. The molecule has 1 aliphatic rings. The molecule has 8 heteroatoms. The molecule has 0 saturated carbocycles. The normalized spacial score (nSPS) is 13.9. The van der Waals surface area contributed by atoms with Crippen LogP contribution in [0.4, 0.5) is 0 Å². The van der Waals surface area contributed by atoms with Crippen LogP contribution in [-0.4, -0.2) is 65.8 Å². The van der Waals surface area contributed by atoms with Crippen molar-refractivity contribution in [3.63, 3.8) is 0 Å². The summed E-state index contributed by atoms with van der Waals surface area (Å²) >= 11 is 0. The number of ether oxygens (including phenoxy) is 1. The van der Waals surface area contributed by atoms with Crippen molar-refractivity contribution >= 4 is 17.8 Å². The van der Waals surface area contributed by atoms with Gasteiger partial charge in [0.05, 0.1) is 13.2 Å². The van der Waals surface area contributed by atoms with E-state index < -0.39 is 11.9 Å².